The van der Waals surface area contributed by atoms with Crippen LogP contribution >= 0.6 is 15.9 Å². The highest BCUT2D eigenvalue weighted by molar-refractivity contribution is 9.10. The molecule has 0 bridgehead atoms. The van der Waals surface area contributed by atoms with Gasteiger partial charge in [-0.1, -0.05) is 15.9 Å². The summed E-state index contributed by atoms with van der Waals surface area (Å²) in [5, 5.41) is 6.51. The number of nitrogens with one attached hydrogen (secondary N) is 2. The van der Waals surface area contributed by atoms with E-state index in [0.717, 1.165) is 21.8 Å². The molecule has 1 heterocycles. The zero-order valence-electron chi connectivity index (χ0n) is 12.4. The number of ether oxygens (including phenoxy) is 1. The number of anilines is 3. The van der Waals surface area contributed by atoms with Crippen molar-refractivity contribution in [3.63, 3.8) is 0 Å². The Labute approximate surface area is 133 Å². The van der Waals surface area contributed by atoms with E-state index in [9.17, 15) is 0 Å². The second-order valence-corrected chi connectivity index (χ2v) is 5.55. The molecule has 2 aromatic rings. The van der Waals surface area contributed by atoms with Crippen LogP contribution in [0.2, 0.25) is 0 Å². The van der Waals surface area contributed by atoms with E-state index in [-0.39, 0.29) is 0 Å². The first-order chi connectivity index (χ1) is 10.1. The quantitative estimate of drug-likeness (QED) is 0.778. The van der Waals surface area contributed by atoms with Crippen LogP contribution in [0.15, 0.2) is 28.7 Å². The van der Waals surface area contributed by atoms with Crippen molar-refractivity contribution >= 4 is 33.3 Å². The number of halogens is 1. The number of hydrogen-bond donors (Lipinski definition) is 2. The van der Waals surface area contributed by atoms with Crippen LogP contribution in [0.1, 0.15) is 11.4 Å². The van der Waals surface area contributed by atoms with Gasteiger partial charge in [0.1, 0.15) is 17.5 Å². The van der Waals surface area contributed by atoms with Crippen molar-refractivity contribution in [2.24, 2.45) is 0 Å². The van der Waals surface area contributed by atoms with E-state index in [0.29, 0.717) is 19.0 Å². The van der Waals surface area contributed by atoms with Crippen LogP contribution in [0.4, 0.5) is 17.3 Å². The molecule has 0 fully saturated rings. The highest BCUT2D eigenvalue weighted by Gasteiger charge is 2.03. The standard InChI is InChI=1S/C15H19BrN4O/c1-10-8-12(4-5-13(10)16)20-15-9-14(17-6-7-21-3)18-11(2)19-15/h4-5,8-9H,6-7H2,1-3H3,(H2,17,18,19,20). The van der Waals surface area contributed by atoms with E-state index < -0.39 is 0 Å². The summed E-state index contributed by atoms with van der Waals surface area (Å²) in [5.41, 5.74) is 2.17. The van der Waals surface area contributed by atoms with Crippen LogP contribution in [-0.4, -0.2) is 30.2 Å². The van der Waals surface area contributed by atoms with Crippen molar-refractivity contribution in [2.45, 2.75) is 13.8 Å². The minimum absolute atomic E-state index is 0.637. The maximum absolute atomic E-state index is 5.02. The zero-order valence-corrected chi connectivity index (χ0v) is 14.0. The first-order valence-electron chi connectivity index (χ1n) is 6.70. The molecule has 0 saturated heterocycles. The summed E-state index contributed by atoms with van der Waals surface area (Å²) in [6.45, 7) is 5.28. The highest BCUT2D eigenvalue weighted by Crippen LogP contribution is 2.23. The molecule has 1 aromatic carbocycles. The van der Waals surface area contributed by atoms with Gasteiger partial charge in [-0.2, -0.15) is 0 Å². The number of hydrogen-bond acceptors (Lipinski definition) is 5. The molecule has 2 rings (SSSR count). The first-order valence-corrected chi connectivity index (χ1v) is 7.49. The number of aromatic nitrogens is 2. The molecular formula is C15H19BrN4O. The maximum Gasteiger partial charge on any atom is 0.136 e. The molecule has 1 aromatic heterocycles. The summed E-state index contributed by atoms with van der Waals surface area (Å²) in [5.74, 6) is 2.27. The fraction of sp³-hybridized carbons (Fsp3) is 0.333. The van der Waals surface area contributed by atoms with E-state index in [1.807, 2.05) is 25.1 Å². The number of benzene rings is 1. The number of rotatable bonds is 6. The Morgan fingerprint density at radius 2 is 1.90 bits per heavy atom. The van der Waals surface area contributed by atoms with Gasteiger partial charge in [0, 0.05) is 29.9 Å². The summed E-state index contributed by atoms with van der Waals surface area (Å²) in [4.78, 5) is 8.76. The fourth-order valence-corrected chi connectivity index (χ4v) is 2.12. The molecule has 6 heteroatoms. The fourth-order valence-electron chi connectivity index (χ4n) is 1.87. The van der Waals surface area contributed by atoms with Crippen molar-refractivity contribution in [2.75, 3.05) is 30.9 Å². The lowest BCUT2D eigenvalue weighted by atomic mass is 10.2. The molecule has 0 aliphatic carbocycles. The third-order valence-corrected chi connectivity index (χ3v) is 3.77. The second-order valence-electron chi connectivity index (χ2n) is 4.69. The van der Waals surface area contributed by atoms with Crippen LogP contribution in [0.3, 0.4) is 0 Å². The molecule has 5 nitrogen and oxygen atoms in total. The second kappa shape index (κ2) is 7.38. The Hall–Kier alpha value is -1.66. The molecule has 0 saturated carbocycles. The predicted molar refractivity (Wildman–Crippen MR) is 89.3 cm³/mol. The van der Waals surface area contributed by atoms with E-state index in [4.69, 9.17) is 4.74 Å². The van der Waals surface area contributed by atoms with Crippen molar-refractivity contribution in [3.8, 4) is 0 Å². The van der Waals surface area contributed by atoms with Gasteiger partial charge in [0.15, 0.2) is 0 Å². The van der Waals surface area contributed by atoms with Crippen LogP contribution in [0.5, 0.6) is 0 Å². The molecule has 0 amide bonds. The lowest BCUT2D eigenvalue weighted by Crippen LogP contribution is -2.10. The van der Waals surface area contributed by atoms with E-state index in [2.05, 4.69) is 49.5 Å². The molecule has 0 atom stereocenters. The Kier molecular flexibility index (Phi) is 5.52. The van der Waals surface area contributed by atoms with Gasteiger partial charge < -0.3 is 15.4 Å². The average molecular weight is 351 g/mol. The molecular weight excluding hydrogens is 332 g/mol. The topological polar surface area (TPSA) is 59.1 Å². The molecule has 21 heavy (non-hydrogen) atoms. The molecule has 0 aliphatic rings. The van der Waals surface area contributed by atoms with Gasteiger partial charge in [-0.05, 0) is 37.6 Å². The largest absolute Gasteiger partial charge is 0.383 e. The van der Waals surface area contributed by atoms with Gasteiger partial charge in [0.25, 0.3) is 0 Å². The van der Waals surface area contributed by atoms with E-state index in [1.54, 1.807) is 7.11 Å². The predicted octanol–water partition coefficient (Wildman–Crippen LogP) is 3.66. The zero-order chi connectivity index (χ0) is 15.2. The highest BCUT2D eigenvalue weighted by atomic mass is 79.9. The Morgan fingerprint density at radius 3 is 2.62 bits per heavy atom. The van der Waals surface area contributed by atoms with Gasteiger partial charge in [-0.15, -0.1) is 0 Å². The van der Waals surface area contributed by atoms with Crippen LogP contribution in [0.25, 0.3) is 0 Å². The summed E-state index contributed by atoms with van der Waals surface area (Å²) in [6.07, 6.45) is 0. The Balaban J connectivity index is 2.13. The lowest BCUT2D eigenvalue weighted by Gasteiger charge is -2.11. The summed E-state index contributed by atoms with van der Waals surface area (Å²) < 4.78 is 6.11. The van der Waals surface area contributed by atoms with Gasteiger partial charge in [-0.25, -0.2) is 9.97 Å². The third-order valence-electron chi connectivity index (χ3n) is 2.88. The Bertz CT molecular complexity index is 619. The molecule has 0 aliphatic heterocycles. The number of nitrogens with zero attached hydrogens (tertiary/aromatic N) is 2. The summed E-state index contributed by atoms with van der Waals surface area (Å²) in [6, 6.07) is 7.98. The van der Waals surface area contributed by atoms with Crippen LogP contribution in [-0.2, 0) is 4.74 Å². The maximum atomic E-state index is 5.02. The third kappa shape index (κ3) is 4.68. The van der Waals surface area contributed by atoms with Gasteiger partial charge in [0.2, 0.25) is 0 Å². The minimum atomic E-state index is 0.637. The molecule has 0 unspecified atom stereocenters. The smallest absolute Gasteiger partial charge is 0.136 e. The van der Waals surface area contributed by atoms with Crippen LogP contribution < -0.4 is 10.6 Å². The van der Waals surface area contributed by atoms with E-state index >= 15 is 0 Å². The van der Waals surface area contributed by atoms with Crippen molar-refractivity contribution in [1.29, 1.82) is 0 Å². The summed E-state index contributed by atoms with van der Waals surface area (Å²) in [7, 11) is 1.68. The lowest BCUT2D eigenvalue weighted by molar-refractivity contribution is 0.210. The molecule has 2 N–H and O–H groups in total. The summed E-state index contributed by atoms with van der Waals surface area (Å²) >= 11 is 3.50. The monoisotopic (exact) mass is 350 g/mol. The first kappa shape index (κ1) is 15.7. The van der Waals surface area contributed by atoms with Gasteiger partial charge in [-0.3, -0.25) is 0 Å². The van der Waals surface area contributed by atoms with Crippen molar-refractivity contribution in [1.82, 2.24) is 9.97 Å². The normalized spacial score (nSPS) is 10.5. The van der Waals surface area contributed by atoms with Crippen molar-refractivity contribution in [3.05, 3.63) is 40.1 Å². The van der Waals surface area contributed by atoms with Crippen LogP contribution in [0, 0.1) is 13.8 Å². The molecule has 0 spiro atoms. The minimum Gasteiger partial charge on any atom is -0.383 e. The number of aryl methyl sites for hydroxylation is 2. The SMILES string of the molecule is COCCNc1cc(Nc2ccc(Br)c(C)c2)nc(C)n1. The van der Waals surface area contributed by atoms with Gasteiger partial charge >= 0.3 is 0 Å². The number of methoxy groups -OCH3 is 1. The average Bonchev–Trinajstić information content (AvgIpc) is 2.43. The molecule has 0 radical (unpaired) electrons. The Morgan fingerprint density at radius 1 is 1.14 bits per heavy atom. The van der Waals surface area contributed by atoms with E-state index in [1.165, 1.54) is 5.56 Å². The van der Waals surface area contributed by atoms with Crippen molar-refractivity contribution < 1.29 is 4.74 Å². The van der Waals surface area contributed by atoms with Gasteiger partial charge in [0.05, 0.1) is 6.61 Å². The molecule has 112 valence electrons.